The summed E-state index contributed by atoms with van der Waals surface area (Å²) in [7, 11) is 1.55. The number of aliphatic hydroxyl groups excluding tert-OH is 1. The number of hydrogen-bond donors (Lipinski definition) is 1. The smallest absolute Gasteiger partial charge is 0.295 e. The lowest BCUT2D eigenvalue weighted by atomic mass is 9.99. The second-order valence-corrected chi connectivity index (χ2v) is 7.12. The molecule has 7 nitrogen and oxygen atoms in total. The van der Waals surface area contributed by atoms with Crippen molar-refractivity contribution in [3.63, 3.8) is 0 Å². The first-order valence-corrected chi connectivity index (χ1v) is 10.2. The molecule has 7 heteroatoms. The summed E-state index contributed by atoms with van der Waals surface area (Å²) in [6.45, 7) is 7.24. The molecule has 0 spiro atoms. The monoisotopic (exact) mass is 412 g/mol. The Morgan fingerprint density at radius 2 is 1.87 bits per heavy atom. The first-order valence-electron chi connectivity index (χ1n) is 10.2. The quantitative estimate of drug-likeness (QED) is 0.386. The van der Waals surface area contributed by atoms with Gasteiger partial charge in [-0.25, -0.2) is 0 Å². The summed E-state index contributed by atoms with van der Waals surface area (Å²) in [4.78, 5) is 29.5. The summed E-state index contributed by atoms with van der Waals surface area (Å²) >= 11 is 0. The largest absolute Gasteiger partial charge is 0.507 e. The van der Waals surface area contributed by atoms with Gasteiger partial charge in [0.05, 0.1) is 18.9 Å². The molecular weight excluding hydrogens is 384 g/mol. The van der Waals surface area contributed by atoms with Gasteiger partial charge >= 0.3 is 0 Å². The van der Waals surface area contributed by atoms with Gasteiger partial charge in [0.1, 0.15) is 23.3 Å². The Balaban J connectivity index is 1.95. The van der Waals surface area contributed by atoms with E-state index in [0.29, 0.717) is 30.0 Å². The third-order valence-electron chi connectivity index (χ3n) is 5.48. The lowest BCUT2D eigenvalue weighted by Gasteiger charge is -2.25. The van der Waals surface area contributed by atoms with Crippen LogP contribution in [0.25, 0.3) is 5.76 Å². The van der Waals surface area contributed by atoms with Gasteiger partial charge in [-0.2, -0.15) is 0 Å². The maximum Gasteiger partial charge on any atom is 0.295 e. The molecular formula is C23H28N2O5. The predicted molar refractivity (Wildman–Crippen MR) is 113 cm³/mol. The van der Waals surface area contributed by atoms with Gasteiger partial charge in [-0.05, 0) is 62.5 Å². The number of furan rings is 1. The van der Waals surface area contributed by atoms with Crippen LogP contribution in [0.1, 0.15) is 37.6 Å². The number of hydrogen-bond acceptors (Lipinski definition) is 6. The number of nitrogens with zero attached hydrogens (tertiary/aromatic N) is 2. The van der Waals surface area contributed by atoms with Gasteiger partial charge in [0.25, 0.3) is 11.7 Å². The molecule has 30 heavy (non-hydrogen) atoms. The number of Topliss-reactive ketones (excluding diaryl/α,β-unsaturated/α-hetero) is 1. The summed E-state index contributed by atoms with van der Waals surface area (Å²) in [6, 6.07) is 9.36. The molecule has 1 saturated heterocycles. The standard InChI is InChI=1S/C23H28N2O5/c1-4-24(5-2)13-7-14-25-20(18-8-6-15-30-18)19(22(27)23(25)28)21(26)16-9-11-17(29-3)12-10-16/h6,8-12,15,20,26H,4-5,7,13-14H2,1-3H3/b21-19-/t20-/m1/s1. The van der Waals surface area contributed by atoms with Crippen LogP contribution < -0.4 is 4.74 Å². The van der Waals surface area contributed by atoms with Crippen LogP contribution in [0.4, 0.5) is 0 Å². The van der Waals surface area contributed by atoms with Gasteiger partial charge in [0, 0.05) is 12.1 Å². The average Bonchev–Trinajstić information content (AvgIpc) is 3.38. The fourth-order valence-electron chi connectivity index (χ4n) is 3.76. The average molecular weight is 412 g/mol. The number of methoxy groups -OCH3 is 1. The molecule has 1 N–H and O–H groups in total. The molecule has 2 heterocycles. The number of likely N-dealkylation sites (tertiary alicyclic amines) is 1. The second-order valence-electron chi connectivity index (χ2n) is 7.12. The van der Waals surface area contributed by atoms with E-state index in [0.717, 1.165) is 19.6 Å². The molecule has 0 aliphatic carbocycles. The number of amides is 1. The Morgan fingerprint density at radius 3 is 2.43 bits per heavy atom. The van der Waals surface area contributed by atoms with Gasteiger partial charge in [-0.3, -0.25) is 9.59 Å². The van der Waals surface area contributed by atoms with Crippen molar-refractivity contribution < 1.29 is 23.8 Å². The number of carbonyl (C=O) groups excluding carboxylic acids is 2. The molecule has 0 radical (unpaired) electrons. The molecule has 3 rings (SSSR count). The third-order valence-corrected chi connectivity index (χ3v) is 5.48. The molecule has 1 aliphatic heterocycles. The normalized spacial score (nSPS) is 18.4. The van der Waals surface area contributed by atoms with Crippen molar-refractivity contribution in [3.8, 4) is 5.75 Å². The second kappa shape index (κ2) is 9.63. The summed E-state index contributed by atoms with van der Waals surface area (Å²) in [5, 5.41) is 10.9. The van der Waals surface area contributed by atoms with E-state index in [1.54, 1.807) is 43.5 Å². The van der Waals surface area contributed by atoms with Gasteiger partial charge in [0.15, 0.2) is 0 Å². The molecule has 0 bridgehead atoms. The van der Waals surface area contributed by atoms with E-state index in [4.69, 9.17) is 9.15 Å². The van der Waals surface area contributed by atoms with Crippen molar-refractivity contribution in [1.29, 1.82) is 0 Å². The molecule has 0 saturated carbocycles. The topological polar surface area (TPSA) is 83.2 Å². The minimum Gasteiger partial charge on any atom is -0.507 e. The predicted octanol–water partition coefficient (Wildman–Crippen LogP) is 3.44. The molecule has 0 unspecified atom stereocenters. The minimum atomic E-state index is -0.751. The van der Waals surface area contributed by atoms with Crippen molar-refractivity contribution in [2.75, 3.05) is 33.3 Å². The number of ketones is 1. The number of aliphatic hydroxyl groups is 1. The Hall–Kier alpha value is -3.06. The molecule has 1 aromatic heterocycles. The zero-order chi connectivity index (χ0) is 21.7. The van der Waals surface area contributed by atoms with Gasteiger partial charge < -0.3 is 24.1 Å². The maximum absolute atomic E-state index is 12.9. The highest BCUT2D eigenvalue weighted by molar-refractivity contribution is 6.46. The van der Waals surface area contributed by atoms with E-state index in [2.05, 4.69) is 18.7 Å². The first kappa shape index (κ1) is 21.6. The van der Waals surface area contributed by atoms with E-state index >= 15 is 0 Å². The lowest BCUT2D eigenvalue weighted by molar-refractivity contribution is -0.140. The van der Waals surface area contributed by atoms with E-state index < -0.39 is 17.7 Å². The van der Waals surface area contributed by atoms with Crippen molar-refractivity contribution in [3.05, 3.63) is 59.6 Å². The van der Waals surface area contributed by atoms with E-state index in [-0.39, 0.29) is 11.3 Å². The molecule has 1 amide bonds. The summed E-state index contributed by atoms with van der Waals surface area (Å²) < 4.78 is 10.7. The van der Waals surface area contributed by atoms with Crippen LogP contribution in [0.3, 0.4) is 0 Å². The van der Waals surface area contributed by atoms with Gasteiger partial charge in [-0.15, -0.1) is 0 Å². The fraction of sp³-hybridized carbons (Fsp3) is 0.391. The molecule has 1 atom stereocenters. The van der Waals surface area contributed by atoms with Crippen molar-refractivity contribution >= 4 is 17.4 Å². The Labute approximate surface area is 176 Å². The lowest BCUT2D eigenvalue weighted by Crippen LogP contribution is -2.33. The van der Waals surface area contributed by atoms with E-state index in [9.17, 15) is 14.7 Å². The molecule has 1 aromatic carbocycles. The summed E-state index contributed by atoms with van der Waals surface area (Å²) in [6.07, 6.45) is 2.22. The maximum atomic E-state index is 12.9. The summed E-state index contributed by atoms with van der Waals surface area (Å²) in [5.74, 6) is -0.458. The van der Waals surface area contributed by atoms with Crippen LogP contribution in [-0.4, -0.2) is 59.9 Å². The van der Waals surface area contributed by atoms with E-state index in [1.807, 2.05) is 0 Å². The number of benzene rings is 1. The molecule has 1 fully saturated rings. The van der Waals surface area contributed by atoms with Crippen molar-refractivity contribution in [1.82, 2.24) is 9.80 Å². The number of rotatable bonds is 9. The summed E-state index contributed by atoms with van der Waals surface area (Å²) in [5.41, 5.74) is 0.483. The Kier molecular flexibility index (Phi) is 6.95. The van der Waals surface area contributed by atoms with Crippen molar-refractivity contribution in [2.24, 2.45) is 0 Å². The van der Waals surface area contributed by atoms with E-state index in [1.165, 1.54) is 11.2 Å². The Bertz CT molecular complexity index is 898. The fourth-order valence-corrected chi connectivity index (χ4v) is 3.76. The van der Waals surface area contributed by atoms with Crippen molar-refractivity contribution in [2.45, 2.75) is 26.3 Å². The van der Waals surface area contributed by atoms with Crippen LogP contribution in [0, 0.1) is 0 Å². The third kappa shape index (κ3) is 4.26. The van der Waals surface area contributed by atoms with Gasteiger partial charge in [-0.1, -0.05) is 13.8 Å². The highest BCUT2D eigenvalue weighted by Gasteiger charge is 2.47. The zero-order valence-electron chi connectivity index (χ0n) is 17.6. The first-order chi connectivity index (χ1) is 14.5. The Morgan fingerprint density at radius 1 is 1.17 bits per heavy atom. The van der Waals surface area contributed by atoms with Crippen LogP contribution >= 0.6 is 0 Å². The van der Waals surface area contributed by atoms with Crippen LogP contribution in [0.5, 0.6) is 5.75 Å². The van der Waals surface area contributed by atoms with Crippen LogP contribution in [-0.2, 0) is 9.59 Å². The SMILES string of the molecule is CCN(CC)CCCN1C(=O)C(=O)/C(=C(\O)c2ccc(OC)cc2)[C@H]1c1ccco1. The molecule has 2 aromatic rings. The van der Waals surface area contributed by atoms with Crippen LogP contribution in [0.2, 0.25) is 0 Å². The van der Waals surface area contributed by atoms with Crippen LogP contribution in [0.15, 0.2) is 52.7 Å². The number of carbonyl (C=O) groups is 2. The van der Waals surface area contributed by atoms with Gasteiger partial charge in [0.2, 0.25) is 0 Å². The molecule has 1 aliphatic rings. The zero-order valence-corrected chi connectivity index (χ0v) is 17.6. The highest BCUT2D eigenvalue weighted by Crippen LogP contribution is 2.39. The highest BCUT2D eigenvalue weighted by atomic mass is 16.5. The molecule has 160 valence electrons. The number of ether oxygens (including phenoxy) is 1. The minimum absolute atomic E-state index is 0.0444.